The van der Waals surface area contributed by atoms with Crippen molar-refractivity contribution < 1.29 is 28.2 Å². The average Bonchev–Trinajstić information content (AvgIpc) is 3.60. The Morgan fingerprint density at radius 2 is 1.96 bits per heavy atom. The number of oxazole rings is 1. The van der Waals surface area contributed by atoms with Gasteiger partial charge in [-0.3, -0.25) is 19.6 Å². The number of allylic oxidation sites excluding steroid dienone is 2. The van der Waals surface area contributed by atoms with Crippen LogP contribution in [0.4, 0.5) is 10.1 Å². The zero-order valence-electron chi connectivity index (χ0n) is 29.2. The lowest BCUT2D eigenvalue weighted by Crippen LogP contribution is -2.52. The second kappa shape index (κ2) is 15.2. The first-order valence-electron chi connectivity index (χ1n) is 16.6. The molecule has 0 bridgehead atoms. The van der Waals surface area contributed by atoms with Crippen LogP contribution in [0.1, 0.15) is 56.8 Å². The van der Waals surface area contributed by atoms with Crippen LogP contribution in [0.2, 0.25) is 0 Å². The Balaban J connectivity index is 1.40. The SMILES string of the molecule is COc1cc(C(=O)NC2(c3nc4cc(CNc5ccnc(C)c5F)cc(C#N)c4o3)C=CC=C(c3ccccc3C)C2Cl)ncc1CNC(C)C(=O)O. The number of carboxylic acids is 1. The Kier molecular flexibility index (Phi) is 10.6. The first kappa shape index (κ1) is 36.7. The summed E-state index contributed by atoms with van der Waals surface area (Å²) in [5.41, 5.74) is 3.27. The molecule has 0 radical (unpaired) electrons. The molecule has 0 saturated heterocycles. The maximum Gasteiger partial charge on any atom is 0.320 e. The van der Waals surface area contributed by atoms with Crippen LogP contribution >= 0.6 is 11.6 Å². The summed E-state index contributed by atoms with van der Waals surface area (Å²) in [6, 6.07) is 15.3. The molecule has 0 saturated carbocycles. The molecule has 53 heavy (non-hydrogen) atoms. The van der Waals surface area contributed by atoms with Crippen LogP contribution in [0, 0.1) is 31.0 Å². The van der Waals surface area contributed by atoms with Crippen LogP contribution < -0.4 is 20.7 Å². The van der Waals surface area contributed by atoms with Crippen molar-refractivity contribution in [3.8, 4) is 11.8 Å². The van der Waals surface area contributed by atoms with E-state index in [0.29, 0.717) is 28.0 Å². The molecule has 0 fully saturated rings. The molecule has 14 heteroatoms. The molecule has 3 aromatic heterocycles. The third kappa shape index (κ3) is 7.32. The number of alkyl halides is 1. The number of pyridine rings is 2. The van der Waals surface area contributed by atoms with Gasteiger partial charge in [-0.15, -0.1) is 11.6 Å². The maximum absolute atomic E-state index is 14.7. The van der Waals surface area contributed by atoms with Crippen LogP contribution in [-0.4, -0.2) is 50.5 Å². The molecule has 3 heterocycles. The number of anilines is 1. The second-order valence-electron chi connectivity index (χ2n) is 12.5. The summed E-state index contributed by atoms with van der Waals surface area (Å²) in [7, 11) is 1.43. The van der Waals surface area contributed by atoms with Gasteiger partial charge >= 0.3 is 5.97 Å². The fourth-order valence-electron chi connectivity index (χ4n) is 6.03. The third-order valence-corrected chi connectivity index (χ3v) is 9.60. The number of carbonyl (C=O) groups excluding carboxylic acids is 1. The number of ether oxygens (including phenoxy) is 1. The monoisotopic (exact) mass is 735 g/mol. The fourth-order valence-corrected chi connectivity index (χ4v) is 6.44. The second-order valence-corrected chi connectivity index (χ2v) is 13.0. The first-order valence-corrected chi connectivity index (χ1v) is 17.0. The van der Waals surface area contributed by atoms with Crippen molar-refractivity contribution in [1.82, 2.24) is 25.6 Å². The number of carbonyl (C=O) groups is 2. The van der Waals surface area contributed by atoms with Crippen molar-refractivity contribution in [2.75, 3.05) is 12.4 Å². The molecule has 270 valence electrons. The number of rotatable bonds is 12. The molecule has 12 nitrogen and oxygen atoms in total. The summed E-state index contributed by atoms with van der Waals surface area (Å²) >= 11 is 7.38. The van der Waals surface area contributed by atoms with Crippen LogP contribution in [0.3, 0.4) is 0 Å². The number of carboxylic acid groups (broad SMARTS) is 1. The van der Waals surface area contributed by atoms with Crippen LogP contribution in [0.25, 0.3) is 16.7 Å². The quantitative estimate of drug-likeness (QED) is 0.106. The van der Waals surface area contributed by atoms with E-state index >= 15 is 0 Å². The highest BCUT2D eigenvalue weighted by molar-refractivity contribution is 6.28. The Morgan fingerprint density at radius 1 is 1.17 bits per heavy atom. The minimum atomic E-state index is -1.58. The fraction of sp³-hybridized carbons (Fsp3) is 0.231. The Morgan fingerprint density at radius 3 is 2.70 bits per heavy atom. The van der Waals surface area contributed by atoms with Crippen LogP contribution in [0.5, 0.6) is 5.75 Å². The van der Waals surface area contributed by atoms with E-state index in [0.717, 1.165) is 11.1 Å². The number of aryl methyl sites for hydroxylation is 2. The lowest BCUT2D eigenvalue weighted by molar-refractivity contribution is -0.139. The highest BCUT2D eigenvalue weighted by Gasteiger charge is 2.47. The molecule has 1 aliphatic carbocycles. The molecule has 1 amide bonds. The van der Waals surface area contributed by atoms with Crippen molar-refractivity contribution >= 4 is 45.8 Å². The molecule has 4 N–H and O–H groups in total. The van der Waals surface area contributed by atoms with Gasteiger partial charge in [0.2, 0.25) is 5.89 Å². The summed E-state index contributed by atoms with van der Waals surface area (Å²) in [6.45, 7) is 5.33. The van der Waals surface area contributed by atoms with Crippen molar-refractivity contribution in [3.63, 3.8) is 0 Å². The molecule has 0 spiro atoms. The number of halogens is 2. The summed E-state index contributed by atoms with van der Waals surface area (Å²) in [5.74, 6) is -1.79. The highest BCUT2D eigenvalue weighted by atomic mass is 35.5. The van der Waals surface area contributed by atoms with E-state index in [1.54, 1.807) is 31.2 Å². The van der Waals surface area contributed by atoms with E-state index in [9.17, 15) is 24.3 Å². The minimum absolute atomic E-state index is 0.0127. The predicted molar refractivity (Wildman–Crippen MR) is 197 cm³/mol. The zero-order valence-corrected chi connectivity index (χ0v) is 30.0. The summed E-state index contributed by atoms with van der Waals surface area (Å²) in [6.07, 6.45) is 8.23. The number of hydrogen-bond acceptors (Lipinski definition) is 10. The average molecular weight is 736 g/mol. The van der Waals surface area contributed by atoms with E-state index in [4.69, 9.17) is 25.7 Å². The molecule has 3 unspecified atom stereocenters. The lowest BCUT2D eigenvalue weighted by Gasteiger charge is -2.36. The molecule has 5 aromatic rings. The smallest absolute Gasteiger partial charge is 0.320 e. The van der Waals surface area contributed by atoms with E-state index in [-0.39, 0.29) is 47.2 Å². The number of aliphatic carboxylic acids is 1. The zero-order chi connectivity index (χ0) is 37.9. The molecule has 3 atom stereocenters. The van der Waals surface area contributed by atoms with Gasteiger partial charge in [0, 0.05) is 37.1 Å². The summed E-state index contributed by atoms with van der Waals surface area (Å²) in [4.78, 5) is 38.6. The van der Waals surface area contributed by atoms with Crippen LogP contribution in [0.15, 0.2) is 83.6 Å². The lowest BCUT2D eigenvalue weighted by atomic mass is 9.81. The van der Waals surface area contributed by atoms with Crippen molar-refractivity contribution in [1.29, 1.82) is 5.26 Å². The minimum Gasteiger partial charge on any atom is -0.496 e. The topological polar surface area (TPSA) is 175 Å². The van der Waals surface area contributed by atoms with Gasteiger partial charge in [-0.1, -0.05) is 36.4 Å². The standard InChI is InChI=1S/C39H35ClFN7O5/c1-21-8-5-6-9-27(21)28-10-7-12-39(35(28)40,48-36(49)31-16-32(52-4)26(20-46-31)19-44-23(3)37(50)51)38-47-30-15-24(14-25(17-42)34(30)53-38)18-45-29-11-13-43-22(2)33(29)41/h5-16,20,23,35,44H,18-19H2,1-4H3,(H,43,45)(H,48,49)(H,50,51). The molecule has 0 aliphatic heterocycles. The number of fused-ring (bicyclic) bond motifs is 1. The number of amides is 1. The van der Waals surface area contributed by atoms with Gasteiger partial charge in [-0.2, -0.15) is 5.26 Å². The Bertz CT molecular complexity index is 2340. The summed E-state index contributed by atoms with van der Waals surface area (Å²) < 4.78 is 26.5. The van der Waals surface area contributed by atoms with Gasteiger partial charge in [-0.25, -0.2) is 9.37 Å². The molecular weight excluding hydrogens is 701 g/mol. The number of hydrogen-bond donors (Lipinski definition) is 4. The van der Waals surface area contributed by atoms with E-state index in [1.165, 1.54) is 38.6 Å². The van der Waals surface area contributed by atoms with Gasteiger partial charge in [-0.05, 0) is 67.3 Å². The number of aromatic nitrogens is 3. The van der Waals surface area contributed by atoms with E-state index in [1.807, 2.05) is 37.3 Å². The number of nitrogens with zero attached hydrogens (tertiary/aromatic N) is 4. The summed E-state index contributed by atoms with van der Waals surface area (Å²) in [5, 5.41) is 27.4. The van der Waals surface area contributed by atoms with E-state index in [2.05, 4.69) is 32.0 Å². The van der Waals surface area contributed by atoms with Crippen molar-refractivity contribution in [3.05, 3.63) is 130 Å². The van der Waals surface area contributed by atoms with Gasteiger partial charge in [0.05, 0.1) is 29.4 Å². The van der Waals surface area contributed by atoms with Crippen molar-refractivity contribution in [2.45, 2.75) is 50.8 Å². The normalized spacial score (nSPS) is 17.2. The third-order valence-electron chi connectivity index (χ3n) is 9.02. The molecular formula is C39H35ClFN7O5. The number of methoxy groups -OCH3 is 1. The van der Waals surface area contributed by atoms with Gasteiger partial charge in [0.1, 0.15) is 29.1 Å². The number of nitriles is 1. The maximum atomic E-state index is 14.7. The highest BCUT2D eigenvalue weighted by Crippen LogP contribution is 2.43. The van der Waals surface area contributed by atoms with Gasteiger partial charge in [0.25, 0.3) is 5.91 Å². The molecule has 6 rings (SSSR count). The van der Waals surface area contributed by atoms with Gasteiger partial charge in [0.15, 0.2) is 16.9 Å². The van der Waals surface area contributed by atoms with Crippen LogP contribution in [-0.2, 0) is 23.4 Å². The Hall–Kier alpha value is -6.10. The molecule has 2 aromatic carbocycles. The number of nitrogens with one attached hydrogen (secondary N) is 3. The Labute approximate surface area is 309 Å². The van der Waals surface area contributed by atoms with Crippen molar-refractivity contribution in [2.24, 2.45) is 0 Å². The van der Waals surface area contributed by atoms with Gasteiger partial charge < -0.3 is 30.2 Å². The largest absolute Gasteiger partial charge is 0.496 e. The van der Waals surface area contributed by atoms with E-state index < -0.39 is 34.7 Å². The number of benzene rings is 2. The molecule has 1 aliphatic rings. The predicted octanol–water partition coefficient (Wildman–Crippen LogP) is 6.31. The first-order chi connectivity index (χ1) is 25.4.